The highest BCUT2D eigenvalue weighted by Gasteiger charge is 2.25. The summed E-state index contributed by atoms with van der Waals surface area (Å²) in [5, 5.41) is 7.25. The number of fused-ring (bicyclic) bond motifs is 2. The number of benzene rings is 5. The fraction of sp³-hybridized carbons (Fsp3) is 0. The molecule has 0 aliphatic carbocycles. The van der Waals surface area contributed by atoms with Gasteiger partial charge in [0, 0.05) is 17.6 Å². The fourth-order valence-corrected chi connectivity index (χ4v) is 8.40. The van der Waals surface area contributed by atoms with Gasteiger partial charge in [-0.05, 0) is 56.0 Å². The molecular weight excluding hydrogens is 449 g/mol. The molecule has 0 aliphatic rings. The van der Waals surface area contributed by atoms with Crippen LogP contribution in [0.15, 0.2) is 134 Å². The quantitative estimate of drug-likeness (QED) is 0.262. The van der Waals surface area contributed by atoms with Gasteiger partial charge >= 0.3 is 0 Å². The van der Waals surface area contributed by atoms with Gasteiger partial charge in [-0.3, -0.25) is 4.98 Å². The Labute approximate surface area is 204 Å². The maximum atomic E-state index is 6.60. The van der Waals surface area contributed by atoms with Gasteiger partial charge in [-0.25, -0.2) is 0 Å². The van der Waals surface area contributed by atoms with Gasteiger partial charge in [0.05, 0.1) is 5.52 Å². The zero-order chi connectivity index (χ0) is 23.0. The van der Waals surface area contributed by atoms with Crippen LogP contribution >= 0.6 is 6.04 Å². The smallest absolute Gasteiger partial charge is 0.0708 e. The van der Waals surface area contributed by atoms with Crippen molar-refractivity contribution in [1.29, 1.82) is 0 Å². The zero-order valence-corrected chi connectivity index (χ0v) is 20.2. The van der Waals surface area contributed by atoms with Crippen LogP contribution in [0, 0.1) is 0 Å². The van der Waals surface area contributed by atoms with E-state index in [1.807, 2.05) is 12.3 Å². The predicted octanol–water partition coefficient (Wildman–Crippen LogP) is 6.81. The summed E-state index contributed by atoms with van der Waals surface area (Å²) >= 11 is 6.60. The highest BCUT2D eigenvalue weighted by Crippen LogP contribution is 2.43. The van der Waals surface area contributed by atoms with Crippen LogP contribution in [0.1, 0.15) is 0 Å². The Balaban J connectivity index is 1.51. The molecule has 34 heavy (non-hydrogen) atoms. The van der Waals surface area contributed by atoms with Gasteiger partial charge in [0.15, 0.2) is 0 Å². The van der Waals surface area contributed by atoms with Crippen molar-refractivity contribution in [2.75, 3.05) is 0 Å². The molecule has 5 aromatic carbocycles. The van der Waals surface area contributed by atoms with Crippen LogP contribution in [0.4, 0.5) is 0 Å². The first-order chi connectivity index (χ1) is 16.7. The molecule has 0 saturated carbocycles. The van der Waals surface area contributed by atoms with E-state index in [0.717, 1.165) is 10.9 Å². The van der Waals surface area contributed by atoms with Gasteiger partial charge in [-0.15, -0.1) is 0 Å². The topological polar surface area (TPSA) is 12.9 Å². The molecule has 0 fully saturated rings. The van der Waals surface area contributed by atoms with E-state index in [2.05, 4.69) is 126 Å². The van der Waals surface area contributed by atoms with Crippen LogP contribution < -0.4 is 15.9 Å². The molecule has 1 atom stereocenters. The second kappa shape index (κ2) is 8.65. The van der Waals surface area contributed by atoms with Gasteiger partial charge < -0.3 is 0 Å². The van der Waals surface area contributed by atoms with Crippen LogP contribution in [0.5, 0.6) is 0 Å². The number of hydrogen-bond acceptors (Lipinski definition) is 2. The van der Waals surface area contributed by atoms with E-state index in [-0.39, 0.29) is 0 Å². The molecule has 162 valence electrons. The Morgan fingerprint density at radius 2 is 1.24 bits per heavy atom. The summed E-state index contributed by atoms with van der Waals surface area (Å²) in [6, 6.07) is 42.9. The molecule has 1 nitrogen and oxygen atoms in total. The van der Waals surface area contributed by atoms with Crippen molar-refractivity contribution >= 4 is 55.4 Å². The van der Waals surface area contributed by atoms with Crippen molar-refractivity contribution in [3.8, 4) is 11.1 Å². The lowest BCUT2D eigenvalue weighted by molar-refractivity contribution is 1.41. The lowest BCUT2D eigenvalue weighted by Gasteiger charge is -2.25. The van der Waals surface area contributed by atoms with Gasteiger partial charge in [0.2, 0.25) is 0 Å². The van der Waals surface area contributed by atoms with E-state index < -0.39 is 6.04 Å². The van der Waals surface area contributed by atoms with Crippen LogP contribution in [-0.4, -0.2) is 4.98 Å². The summed E-state index contributed by atoms with van der Waals surface area (Å²) in [5.74, 6) is 0. The van der Waals surface area contributed by atoms with E-state index >= 15 is 0 Å². The monoisotopic (exact) mass is 471 g/mol. The highest BCUT2D eigenvalue weighted by atomic mass is 32.4. The number of rotatable bonds is 4. The second-order valence-corrected chi connectivity index (χ2v) is 12.8. The molecule has 1 heterocycles. The molecule has 0 aliphatic heterocycles. The summed E-state index contributed by atoms with van der Waals surface area (Å²) in [6.45, 7) is 0. The molecule has 0 saturated heterocycles. The Hall–Kier alpha value is -3.58. The Kier molecular flexibility index (Phi) is 5.34. The second-order valence-electron chi connectivity index (χ2n) is 8.40. The van der Waals surface area contributed by atoms with Crippen LogP contribution in [0.2, 0.25) is 0 Å². The largest absolute Gasteiger partial charge is 0.256 e. The van der Waals surface area contributed by atoms with Gasteiger partial charge in [-0.1, -0.05) is 121 Å². The number of aromatic nitrogens is 1. The highest BCUT2D eigenvalue weighted by molar-refractivity contribution is 8.25. The number of nitrogens with zero attached hydrogens (tertiary/aromatic N) is 1. The predicted molar refractivity (Wildman–Crippen MR) is 151 cm³/mol. The molecule has 0 radical (unpaired) electrons. The van der Waals surface area contributed by atoms with Crippen molar-refractivity contribution in [2.24, 2.45) is 0 Å². The van der Waals surface area contributed by atoms with Crippen molar-refractivity contribution in [3.63, 3.8) is 0 Å². The van der Waals surface area contributed by atoms with Crippen LogP contribution in [0.3, 0.4) is 0 Å². The third kappa shape index (κ3) is 3.56. The maximum absolute atomic E-state index is 6.60. The Morgan fingerprint density at radius 3 is 2.06 bits per heavy atom. The molecule has 6 aromatic rings. The molecule has 0 N–H and O–H groups in total. The molecular formula is C31H22NPS. The summed E-state index contributed by atoms with van der Waals surface area (Å²) in [6.07, 6.45) is 1.84. The van der Waals surface area contributed by atoms with E-state index in [1.54, 1.807) is 0 Å². The van der Waals surface area contributed by atoms with Gasteiger partial charge in [-0.2, -0.15) is 0 Å². The minimum atomic E-state index is -2.22. The zero-order valence-electron chi connectivity index (χ0n) is 18.5. The average Bonchev–Trinajstić information content (AvgIpc) is 2.92. The van der Waals surface area contributed by atoms with Crippen molar-refractivity contribution in [3.05, 3.63) is 134 Å². The van der Waals surface area contributed by atoms with Crippen molar-refractivity contribution < 1.29 is 0 Å². The summed E-state index contributed by atoms with van der Waals surface area (Å²) < 4.78 is 0. The third-order valence-electron chi connectivity index (χ3n) is 6.40. The minimum Gasteiger partial charge on any atom is -0.256 e. The first-order valence-corrected chi connectivity index (χ1v) is 14.1. The molecule has 3 heteroatoms. The van der Waals surface area contributed by atoms with Crippen molar-refractivity contribution in [2.45, 2.75) is 0 Å². The number of pyridine rings is 1. The van der Waals surface area contributed by atoms with E-state index in [0.29, 0.717) is 0 Å². The third-order valence-corrected chi connectivity index (χ3v) is 11.4. The number of hydrogen-bond donors (Lipinski definition) is 0. The van der Waals surface area contributed by atoms with Gasteiger partial charge in [0.1, 0.15) is 0 Å². The van der Waals surface area contributed by atoms with E-state index in [9.17, 15) is 0 Å². The summed E-state index contributed by atoms with van der Waals surface area (Å²) in [7, 11) is 0. The average molecular weight is 472 g/mol. The minimum absolute atomic E-state index is 1.01. The molecule has 0 bridgehead atoms. The van der Waals surface area contributed by atoms with Crippen LogP contribution in [0.25, 0.3) is 32.8 Å². The molecule has 6 rings (SSSR count). The molecule has 0 amide bonds. The molecule has 1 unspecified atom stereocenters. The Morgan fingerprint density at radius 1 is 0.529 bits per heavy atom. The summed E-state index contributed by atoms with van der Waals surface area (Å²) in [4.78, 5) is 4.52. The van der Waals surface area contributed by atoms with E-state index in [4.69, 9.17) is 11.8 Å². The lowest BCUT2D eigenvalue weighted by atomic mass is 10.0. The Bertz CT molecular complexity index is 1670. The first-order valence-electron chi connectivity index (χ1n) is 11.3. The normalized spacial score (nSPS) is 13.1. The van der Waals surface area contributed by atoms with E-state index in [1.165, 1.54) is 37.8 Å². The standard InChI is InChI=1S/C31H22NPS/c34-33(26-10-2-1-3-11-26,28-20-15-23-8-4-5-9-25(23)22-28)27-18-16-24(17-19-27)29-12-6-14-31-30(29)13-7-21-32-31/h1-22H. The molecule has 1 aromatic heterocycles. The SMILES string of the molecule is S=P(c1ccccc1)(c1ccc(-c2cccc3ncccc23)cc1)c1ccc2ccccc2c1. The van der Waals surface area contributed by atoms with Crippen LogP contribution in [-0.2, 0) is 11.8 Å². The first kappa shape index (κ1) is 21.0. The maximum Gasteiger partial charge on any atom is 0.0708 e. The lowest BCUT2D eigenvalue weighted by Crippen LogP contribution is -2.24. The summed E-state index contributed by atoms with van der Waals surface area (Å²) in [5.41, 5.74) is 3.38. The fourth-order valence-electron chi connectivity index (χ4n) is 4.66. The van der Waals surface area contributed by atoms with Crippen molar-refractivity contribution in [1.82, 2.24) is 4.98 Å². The van der Waals surface area contributed by atoms with Gasteiger partial charge in [0.25, 0.3) is 0 Å². The molecule has 0 spiro atoms.